The number of carboxylic acids is 1. The number of ether oxygens (including phenoxy) is 1. The van der Waals surface area contributed by atoms with Gasteiger partial charge in [0, 0.05) is 6.04 Å². The van der Waals surface area contributed by atoms with Crippen molar-refractivity contribution in [2.45, 2.75) is 31.7 Å². The number of hydrogen-bond donors (Lipinski definition) is 2. The van der Waals surface area contributed by atoms with Gasteiger partial charge in [0.1, 0.15) is 5.75 Å². The van der Waals surface area contributed by atoms with Crippen molar-refractivity contribution in [1.82, 2.24) is 0 Å². The highest BCUT2D eigenvalue weighted by Gasteiger charge is 2.55. The highest BCUT2D eigenvalue weighted by atomic mass is 16.5. The Kier molecular flexibility index (Phi) is 2.55. The first-order valence-corrected chi connectivity index (χ1v) is 6.38. The Balaban J connectivity index is 1.91. The fourth-order valence-corrected chi connectivity index (χ4v) is 2.69. The van der Waals surface area contributed by atoms with Gasteiger partial charge in [0.2, 0.25) is 0 Å². The van der Waals surface area contributed by atoms with Gasteiger partial charge in [-0.05, 0) is 42.9 Å². The van der Waals surface area contributed by atoms with Gasteiger partial charge in [-0.15, -0.1) is 0 Å². The molecular weight excluding hydrogens is 230 g/mol. The number of carbonyl (C=O) groups is 1. The molecule has 0 amide bonds. The lowest BCUT2D eigenvalue weighted by molar-refractivity contribution is -0.144. The minimum Gasteiger partial charge on any atom is -0.493 e. The van der Waals surface area contributed by atoms with Crippen molar-refractivity contribution < 1.29 is 14.6 Å². The van der Waals surface area contributed by atoms with Gasteiger partial charge in [-0.1, -0.05) is 12.1 Å². The average molecular weight is 247 g/mol. The maximum atomic E-state index is 11.3. The highest BCUT2D eigenvalue weighted by Crippen LogP contribution is 2.54. The van der Waals surface area contributed by atoms with Gasteiger partial charge in [-0.2, -0.15) is 0 Å². The zero-order chi connectivity index (χ0) is 12.8. The minimum absolute atomic E-state index is 0.415. The smallest absolute Gasteiger partial charge is 0.311 e. The molecule has 0 spiro atoms. The summed E-state index contributed by atoms with van der Waals surface area (Å²) in [5, 5.41) is 9.27. The predicted octanol–water partition coefficient (Wildman–Crippen LogP) is 1.88. The van der Waals surface area contributed by atoms with E-state index in [0.29, 0.717) is 12.8 Å². The molecule has 1 aliphatic heterocycles. The number of aliphatic carboxylic acids is 1. The maximum absolute atomic E-state index is 11.3. The van der Waals surface area contributed by atoms with Crippen molar-refractivity contribution in [3.05, 3.63) is 29.3 Å². The predicted molar refractivity (Wildman–Crippen MR) is 66.5 cm³/mol. The van der Waals surface area contributed by atoms with Crippen LogP contribution in [-0.4, -0.2) is 17.7 Å². The molecule has 1 aromatic carbocycles. The van der Waals surface area contributed by atoms with E-state index in [0.717, 1.165) is 36.3 Å². The van der Waals surface area contributed by atoms with Crippen LogP contribution in [0.5, 0.6) is 5.75 Å². The number of carboxylic acid groups (broad SMARTS) is 1. The average Bonchev–Trinajstić information content (AvgIpc) is 3.19. The Bertz CT molecular complexity index is 494. The van der Waals surface area contributed by atoms with Gasteiger partial charge in [0.05, 0.1) is 12.0 Å². The standard InChI is InChI=1S/C14H17NO3/c15-12(14(5-6-14)13(16)17)10-3-4-11-9(8-10)2-1-7-18-11/h3-4,8,12H,1-2,5-7,15H2,(H,16,17). The van der Waals surface area contributed by atoms with Crippen LogP contribution in [0.1, 0.15) is 36.4 Å². The molecule has 1 aromatic rings. The van der Waals surface area contributed by atoms with Gasteiger partial charge in [0.25, 0.3) is 0 Å². The van der Waals surface area contributed by atoms with Crippen LogP contribution >= 0.6 is 0 Å². The molecule has 3 N–H and O–H groups in total. The van der Waals surface area contributed by atoms with Crippen LogP contribution in [0.25, 0.3) is 0 Å². The van der Waals surface area contributed by atoms with Gasteiger partial charge >= 0.3 is 5.97 Å². The molecule has 0 aromatic heterocycles. The van der Waals surface area contributed by atoms with E-state index < -0.39 is 17.4 Å². The van der Waals surface area contributed by atoms with Crippen LogP contribution in [0.15, 0.2) is 18.2 Å². The lowest BCUT2D eigenvalue weighted by Gasteiger charge is -2.23. The summed E-state index contributed by atoms with van der Waals surface area (Å²) in [5.74, 6) is 0.140. The third-order valence-electron chi connectivity index (χ3n) is 4.10. The number of nitrogens with two attached hydrogens (primary N) is 1. The van der Waals surface area contributed by atoms with E-state index in [-0.39, 0.29) is 0 Å². The number of aryl methyl sites for hydroxylation is 1. The minimum atomic E-state index is -0.774. The molecule has 1 atom stereocenters. The fraction of sp³-hybridized carbons (Fsp3) is 0.500. The number of benzene rings is 1. The van der Waals surface area contributed by atoms with Crippen LogP contribution < -0.4 is 10.5 Å². The molecule has 1 heterocycles. The maximum Gasteiger partial charge on any atom is 0.311 e. The van der Waals surface area contributed by atoms with E-state index in [1.807, 2.05) is 18.2 Å². The molecule has 1 aliphatic carbocycles. The molecule has 1 fully saturated rings. The molecule has 0 bridgehead atoms. The summed E-state index contributed by atoms with van der Waals surface area (Å²) in [4.78, 5) is 11.3. The third-order valence-corrected chi connectivity index (χ3v) is 4.10. The lowest BCUT2D eigenvalue weighted by atomic mass is 9.89. The molecule has 4 heteroatoms. The van der Waals surface area contributed by atoms with Gasteiger partial charge in [0.15, 0.2) is 0 Å². The summed E-state index contributed by atoms with van der Waals surface area (Å²) in [7, 11) is 0. The third kappa shape index (κ3) is 1.68. The van der Waals surface area contributed by atoms with Crippen molar-refractivity contribution in [2.24, 2.45) is 11.1 Å². The van der Waals surface area contributed by atoms with E-state index >= 15 is 0 Å². The van der Waals surface area contributed by atoms with Crippen LogP contribution in [0.3, 0.4) is 0 Å². The zero-order valence-corrected chi connectivity index (χ0v) is 10.2. The second-order valence-electron chi connectivity index (χ2n) is 5.26. The van der Waals surface area contributed by atoms with Crippen LogP contribution in [0.4, 0.5) is 0 Å². The topological polar surface area (TPSA) is 72.5 Å². The van der Waals surface area contributed by atoms with Crippen LogP contribution in [0.2, 0.25) is 0 Å². The quantitative estimate of drug-likeness (QED) is 0.855. The zero-order valence-electron chi connectivity index (χ0n) is 10.2. The molecule has 1 unspecified atom stereocenters. The molecular formula is C14H17NO3. The van der Waals surface area contributed by atoms with E-state index in [1.165, 1.54) is 0 Å². The summed E-state index contributed by atoms with van der Waals surface area (Å²) >= 11 is 0. The number of fused-ring (bicyclic) bond motifs is 1. The summed E-state index contributed by atoms with van der Waals surface area (Å²) < 4.78 is 5.55. The molecule has 18 heavy (non-hydrogen) atoms. The molecule has 1 saturated carbocycles. The van der Waals surface area contributed by atoms with Crippen molar-refractivity contribution in [3.8, 4) is 5.75 Å². The molecule has 4 nitrogen and oxygen atoms in total. The van der Waals surface area contributed by atoms with Gasteiger partial charge in [-0.25, -0.2) is 0 Å². The Morgan fingerprint density at radius 3 is 2.89 bits per heavy atom. The number of hydrogen-bond acceptors (Lipinski definition) is 3. The second kappa shape index (κ2) is 3.99. The van der Waals surface area contributed by atoms with Gasteiger partial charge < -0.3 is 15.6 Å². The first kappa shape index (κ1) is 11.5. The van der Waals surface area contributed by atoms with Crippen LogP contribution in [0, 0.1) is 5.41 Å². The first-order valence-electron chi connectivity index (χ1n) is 6.38. The second-order valence-corrected chi connectivity index (χ2v) is 5.26. The Morgan fingerprint density at radius 1 is 1.44 bits per heavy atom. The Labute approximate surface area is 106 Å². The largest absolute Gasteiger partial charge is 0.493 e. The summed E-state index contributed by atoms with van der Waals surface area (Å²) in [6.07, 6.45) is 3.35. The van der Waals surface area contributed by atoms with Crippen molar-refractivity contribution in [2.75, 3.05) is 6.61 Å². The monoisotopic (exact) mass is 247 g/mol. The highest BCUT2D eigenvalue weighted by molar-refractivity contribution is 5.79. The van der Waals surface area contributed by atoms with Crippen molar-refractivity contribution in [3.63, 3.8) is 0 Å². The van der Waals surface area contributed by atoms with E-state index in [1.54, 1.807) is 0 Å². The van der Waals surface area contributed by atoms with Gasteiger partial charge in [-0.3, -0.25) is 4.79 Å². The van der Waals surface area contributed by atoms with Crippen molar-refractivity contribution >= 4 is 5.97 Å². The molecule has 2 aliphatic rings. The molecule has 0 radical (unpaired) electrons. The number of rotatable bonds is 3. The molecule has 0 saturated heterocycles. The fourth-order valence-electron chi connectivity index (χ4n) is 2.69. The normalized spacial score (nSPS) is 21.6. The van der Waals surface area contributed by atoms with Crippen molar-refractivity contribution in [1.29, 1.82) is 0 Å². The Hall–Kier alpha value is -1.55. The SMILES string of the molecule is NC(c1ccc2c(c1)CCCO2)C1(C(=O)O)CC1. The Morgan fingerprint density at radius 2 is 2.22 bits per heavy atom. The van der Waals surface area contributed by atoms with E-state index in [9.17, 15) is 9.90 Å². The van der Waals surface area contributed by atoms with E-state index in [2.05, 4.69) is 0 Å². The lowest BCUT2D eigenvalue weighted by Crippen LogP contribution is -2.30. The summed E-state index contributed by atoms with van der Waals surface area (Å²) in [6.45, 7) is 0.761. The van der Waals surface area contributed by atoms with E-state index in [4.69, 9.17) is 10.5 Å². The summed E-state index contributed by atoms with van der Waals surface area (Å²) in [6, 6.07) is 5.42. The molecule has 96 valence electrons. The molecule has 3 rings (SSSR count). The first-order chi connectivity index (χ1) is 8.63. The summed E-state index contributed by atoms with van der Waals surface area (Å²) in [5.41, 5.74) is 7.48. The van der Waals surface area contributed by atoms with Crippen LogP contribution in [-0.2, 0) is 11.2 Å².